The summed E-state index contributed by atoms with van der Waals surface area (Å²) < 4.78 is 13.5. The fourth-order valence-corrected chi connectivity index (χ4v) is 2.13. The molecule has 1 fully saturated rings. The van der Waals surface area contributed by atoms with Gasteiger partial charge < -0.3 is 10.2 Å². The average molecular weight is 237 g/mol. The van der Waals surface area contributed by atoms with Gasteiger partial charge in [0.1, 0.15) is 5.82 Å². The molecule has 1 aromatic rings. The average Bonchev–Trinajstić information content (AvgIpc) is 2.32. The van der Waals surface area contributed by atoms with Gasteiger partial charge in [0.15, 0.2) is 0 Å². The van der Waals surface area contributed by atoms with Gasteiger partial charge in [0, 0.05) is 46.8 Å². The number of benzene rings is 1. The second-order valence-electron chi connectivity index (χ2n) is 4.71. The van der Waals surface area contributed by atoms with Crippen molar-refractivity contribution < 1.29 is 4.39 Å². The number of rotatable bonds is 3. The number of piperazine rings is 1. The summed E-state index contributed by atoms with van der Waals surface area (Å²) >= 11 is 0. The van der Waals surface area contributed by atoms with Crippen LogP contribution in [0, 0.1) is 5.82 Å². The van der Waals surface area contributed by atoms with E-state index < -0.39 is 0 Å². The predicted molar refractivity (Wildman–Crippen MR) is 68.9 cm³/mol. The summed E-state index contributed by atoms with van der Waals surface area (Å²) in [4.78, 5) is 4.21. The topological polar surface area (TPSA) is 18.5 Å². The molecule has 0 aliphatic carbocycles. The van der Waals surface area contributed by atoms with Crippen LogP contribution in [0.25, 0.3) is 0 Å². The predicted octanol–water partition coefficient (Wildman–Crippen LogP) is 1.30. The van der Waals surface area contributed by atoms with E-state index in [2.05, 4.69) is 10.2 Å². The van der Waals surface area contributed by atoms with E-state index in [-0.39, 0.29) is 5.82 Å². The van der Waals surface area contributed by atoms with Crippen LogP contribution in [0.1, 0.15) is 5.56 Å². The van der Waals surface area contributed by atoms with Crippen LogP contribution in [0.4, 0.5) is 10.1 Å². The van der Waals surface area contributed by atoms with Crippen molar-refractivity contribution in [3.63, 3.8) is 0 Å². The first-order valence-corrected chi connectivity index (χ1v) is 6.05. The Balaban J connectivity index is 2.07. The Morgan fingerprint density at radius 3 is 2.65 bits per heavy atom. The number of hydrogen-bond donors (Lipinski definition) is 1. The smallest absolute Gasteiger partial charge is 0.146 e. The maximum Gasteiger partial charge on any atom is 0.146 e. The molecule has 0 bridgehead atoms. The van der Waals surface area contributed by atoms with Crippen LogP contribution >= 0.6 is 0 Å². The minimum absolute atomic E-state index is 0.154. The number of halogens is 1. The standard InChI is InChI=1S/C13H20FN3/c1-16(2)13-9-11(3-4-12(13)14)10-17-7-5-15-6-8-17/h3-4,9,15H,5-8,10H2,1-2H3. The fourth-order valence-electron chi connectivity index (χ4n) is 2.13. The van der Waals surface area contributed by atoms with Crippen molar-refractivity contribution in [1.29, 1.82) is 0 Å². The van der Waals surface area contributed by atoms with Crippen molar-refractivity contribution in [2.75, 3.05) is 45.2 Å². The summed E-state index contributed by atoms with van der Waals surface area (Å²) in [5.41, 5.74) is 1.84. The van der Waals surface area contributed by atoms with Crippen LogP contribution < -0.4 is 10.2 Å². The minimum Gasteiger partial charge on any atom is -0.375 e. The Hall–Kier alpha value is -1.13. The van der Waals surface area contributed by atoms with Crippen molar-refractivity contribution in [3.05, 3.63) is 29.6 Å². The molecule has 0 aromatic heterocycles. The molecule has 3 nitrogen and oxygen atoms in total. The van der Waals surface area contributed by atoms with E-state index in [1.165, 1.54) is 5.56 Å². The number of anilines is 1. The highest BCUT2D eigenvalue weighted by Crippen LogP contribution is 2.19. The molecule has 1 aromatic carbocycles. The van der Waals surface area contributed by atoms with E-state index >= 15 is 0 Å². The first-order valence-electron chi connectivity index (χ1n) is 6.05. The van der Waals surface area contributed by atoms with E-state index in [1.807, 2.05) is 31.1 Å². The maximum absolute atomic E-state index is 13.5. The molecule has 1 heterocycles. The quantitative estimate of drug-likeness (QED) is 0.855. The molecule has 2 rings (SSSR count). The van der Waals surface area contributed by atoms with Crippen LogP contribution in [-0.2, 0) is 6.54 Å². The van der Waals surface area contributed by atoms with Gasteiger partial charge in [0.2, 0.25) is 0 Å². The van der Waals surface area contributed by atoms with Gasteiger partial charge in [-0.15, -0.1) is 0 Å². The first kappa shape index (κ1) is 12.3. The molecule has 0 atom stereocenters. The number of nitrogens with one attached hydrogen (secondary N) is 1. The summed E-state index contributed by atoms with van der Waals surface area (Å²) in [5, 5.41) is 3.33. The van der Waals surface area contributed by atoms with Gasteiger partial charge >= 0.3 is 0 Å². The lowest BCUT2D eigenvalue weighted by Crippen LogP contribution is -2.42. The molecule has 0 amide bonds. The van der Waals surface area contributed by atoms with Crippen molar-refractivity contribution in [2.45, 2.75) is 6.54 Å². The van der Waals surface area contributed by atoms with Gasteiger partial charge in [0.25, 0.3) is 0 Å². The Labute approximate surface area is 102 Å². The molecular formula is C13H20FN3. The summed E-state index contributed by atoms with van der Waals surface area (Å²) in [6.07, 6.45) is 0. The molecule has 0 radical (unpaired) electrons. The third kappa shape index (κ3) is 3.17. The van der Waals surface area contributed by atoms with Crippen LogP contribution in [0.3, 0.4) is 0 Å². The molecular weight excluding hydrogens is 217 g/mol. The molecule has 1 saturated heterocycles. The van der Waals surface area contributed by atoms with Crippen molar-refractivity contribution in [2.24, 2.45) is 0 Å². The molecule has 1 aliphatic heterocycles. The molecule has 4 heteroatoms. The van der Waals surface area contributed by atoms with Gasteiger partial charge in [-0.25, -0.2) is 4.39 Å². The molecule has 1 aliphatic rings. The van der Waals surface area contributed by atoms with Gasteiger partial charge in [-0.3, -0.25) is 4.90 Å². The zero-order valence-corrected chi connectivity index (χ0v) is 10.5. The second-order valence-corrected chi connectivity index (χ2v) is 4.71. The van der Waals surface area contributed by atoms with Gasteiger partial charge in [-0.1, -0.05) is 6.07 Å². The van der Waals surface area contributed by atoms with Gasteiger partial charge in [-0.2, -0.15) is 0 Å². The highest BCUT2D eigenvalue weighted by Gasteiger charge is 2.11. The Morgan fingerprint density at radius 2 is 2.00 bits per heavy atom. The number of hydrogen-bond acceptors (Lipinski definition) is 3. The summed E-state index contributed by atoms with van der Waals surface area (Å²) in [6.45, 7) is 5.12. The monoisotopic (exact) mass is 237 g/mol. The van der Waals surface area contributed by atoms with E-state index in [1.54, 1.807) is 6.07 Å². The largest absolute Gasteiger partial charge is 0.375 e. The normalized spacial score (nSPS) is 17.1. The zero-order valence-electron chi connectivity index (χ0n) is 10.5. The lowest BCUT2D eigenvalue weighted by Gasteiger charge is -2.27. The molecule has 0 saturated carbocycles. The van der Waals surface area contributed by atoms with Crippen LogP contribution in [-0.4, -0.2) is 45.2 Å². The lowest BCUT2D eigenvalue weighted by molar-refractivity contribution is 0.233. The molecule has 17 heavy (non-hydrogen) atoms. The number of nitrogens with zero attached hydrogens (tertiary/aromatic N) is 2. The van der Waals surface area contributed by atoms with Crippen LogP contribution in [0.2, 0.25) is 0 Å². The summed E-state index contributed by atoms with van der Waals surface area (Å²) in [5.74, 6) is -0.154. The highest BCUT2D eigenvalue weighted by atomic mass is 19.1. The maximum atomic E-state index is 13.5. The van der Waals surface area contributed by atoms with E-state index in [0.717, 1.165) is 32.7 Å². The Morgan fingerprint density at radius 1 is 1.29 bits per heavy atom. The van der Waals surface area contributed by atoms with Gasteiger partial charge in [-0.05, 0) is 17.7 Å². The summed E-state index contributed by atoms with van der Waals surface area (Å²) in [7, 11) is 3.74. The fraction of sp³-hybridized carbons (Fsp3) is 0.538. The third-order valence-electron chi connectivity index (χ3n) is 3.11. The molecule has 94 valence electrons. The van der Waals surface area contributed by atoms with Crippen molar-refractivity contribution >= 4 is 5.69 Å². The lowest BCUT2D eigenvalue weighted by atomic mass is 10.1. The second kappa shape index (κ2) is 5.47. The first-order chi connectivity index (χ1) is 8.16. The minimum atomic E-state index is -0.154. The molecule has 0 unspecified atom stereocenters. The Bertz CT molecular complexity index is 373. The molecule has 1 N–H and O–H groups in total. The summed E-state index contributed by atoms with van der Waals surface area (Å²) in [6, 6.07) is 5.38. The van der Waals surface area contributed by atoms with E-state index in [0.29, 0.717) is 5.69 Å². The molecule has 0 spiro atoms. The van der Waals surface area contributed by atoms with E-state index in [4.69, 9.17) is 0 Å². The van der Waals surface area contributed by atoms with Crippen LogP contribution in [0.5, 0.6) is 0 Å². The van der Waals surface area contributed by atoms with Crippen molar-refractivity contribution in [3.8, 4) is 0 Å². The SMILES string of the molecule is CN(C)c1cc(CN2CCNCC2)ccc1F. The zero-order chi connectivity index (χ0) is 12.3. The van der Waals surface area contributed by atoms with Crippen molar-refractivity contribution in [1.82, 2.24) is 10.2 Å². The Kier molecular flexibility index (Phi) is 3.97. The van der Waals surface area contributed by atoms with E-state index in [9.17, 15) is 4.39 Å². The highest BCUT2D eigenvalue weighted by molar-refractivity contribution is 5.48. The third-order valence-corrected chi connectivity index (χ3v) is 3.11. The van der Waals surface area contributed by atoms with Gasteiger partial charge in [0.05, 0.1) is 5.69 Å². The van der Waals surface area contributed by atoms with Crippen LogP contribution in [0.15, 0.2) is 18.2 Å².